The highest BCUT2D eigenvalue weighted by atomic mass is 16.5. The second-order valence-corrected chi connectivity index (χ2v) is 12.5. The third-order valence-corrected chi connectivity index (χ3v) is 8.48. The van der Waals surface area contributed by atoms with Gasteiger partial charge in [0.1, 0.15) is 24.3 Å². The number of hydrogen-bond donors (Lipinski definition) is 2. The van der Waals surface area contributed by atoms with Crippen molar-refractivity contribution in [3.8, 4) is 0 Å². The quantitative estimate of drug-likeness (QED) is 0.187. The molecule has 2 saturated carbocycles. The van der Waals surface area contributed by atoms with Gasteiger partial charge in [0, 0.05) is 44.0 Å². The van der Waals surface area contributed by atoms with Crippen molar-refractivity contribution < 1.29 is 24.2 Å². The molecule has 1 aliphatic heterocycles. The second kappa shape index (κ2) is 19.4. The Labute approximate surface area is 265 Å². The monoisotopic (exact) mass is 614 g/mol. The molecule has 4 aliphatic rings. The first-order valence-electron chi connectivity index (χ1n) is 16.8. The fourth-order valence-electron chi connectivity index (χ4n) is 6.11. The number of aliphatic hydroxyl groups is 1. The molecule has 0 radical (unpaired) electrons. The van der Waals surface area contributed by atoms with Crippen LogP contribution in [0.3, 0.4) is 0 Å². The number of nitrogens with two attached hydrogens (primary N) is 1. The largest absolute Gasteiger partial charge is 0.491 e. The average molecular weight is 615 g/mol. The summed E-state index contributed by atoms with van der Waals surface area (Å²) in [6.45, 7) is 14.4. The van der Waals surface area contributed by atoms with Gasteiger partial charge < -0.3 is 30.2 Å². The van der Waals surface area contributed by atoms with Gasteiger partial charge >= 0.3 is 0 Å². The number of carbonyl (C=O) groups excluding carboxylic acids is 3. The van der Waals surface area contributed by atoms with Crippen LogP contribution in [0.4, 0.5) is 0 Å². The molecule has 0 aromatic heterocycles. The average Bonchev–Trinajstić information content (AvgIpc) is 3.67. The summed E-state index contributed by atoms with van der Waals surface area (Å²) in [5.74, 6) is 2.46. The lowest BCUT2D eigenvalue weighted by Crippen LogP contribution is -2.52. The number of fused-ring (bicyclic) bond motifs is 1. The van der Waals surface area contributed by atoms with E-state index >= 15 is 0 Å². The lowest BCUT2D eigenvalue weighted by atomic mass is 10.00. The molecular formula is C35H58N4O5. The normalized spacial score (nSPS) is 23.3. The molecule has 2 amide bonds. The summed E-state index contributed by atoms with van der Waals surface area (Å²) in [4.78, 5) is 40.7. The topological polar surface area (TPSA) is 126 Å². The molecule has 9 nitrogen and oxygen atoms in total. The van der Waals surface area contributed by atoms with Crippen LogP contribution in [0, 0.1) is 17.8 Å². The minimum Gasteiger partial charge on any atom is -0.491 e. The van der Waals surface area contributed by atoms with E-state index in [1.54, 1.807) is 9.80 Å². The fourth-order valence-corrected chi connectivity index (χ4v) is 6.11. The van der Waals surface area contributed by atoms with Gasteiger partial charge in [0.15, 0.2) is 0 Å². The van der Waals surface area contributed by atoms with E-state index in [2.05, 4.69) is 44.8 Å². The van der Waals surface area contributed by atoms with E-state index in [0.717, 1.165) is 42.6 Å². The highest BCUT2D eigenvalue weighted by Gasteiger charge is 2.50. The summed E-state index contributed by atoms with van der Waals surface area (Å²) >= 11 is 0. The van der Waals surface area contributed by atoms with Crippen molar-refractivity contribution >= 4 is 23.8 Å². The Kier molecular flexibility index (Phi) is 16.5. The number of piperazine rings is 1. The van der Waals surface area contributed by atoms with Gasteiger partial charge in [0.25, 0.3) is 5.91 Å². The number of aliphatic imine (C=N–C) groups is 1. The van der Waals surface area contributed by atoms with Crippen LogP contribution in [0.5, 0.6) is 0 Å². The van der Waals surface area contributed by atoms with Crippen LogP contribution in [-0.2, 0) is 19.1 Å². The van der Waals surface area contributed by atoms with E-state index in [9.17, 15) is 9.59 Å². The van der Waals surface area contributed by atoms with Crippen molar-refractivity contribution in [2.75, 3.05) is 39.3 Å². The second-order valence-electron chi connectivity index (χ2n) is 12.5. The zero-order valence-electron chi connectivity index (χ0n) is 28.1. The van der Waals surface area contributed by atoms with Gasteiger partial charge in [-0.15, -0.1) is 0 Å². The molecule has 3 atom stereocenters. The standard InChI is InChI=1S/C17H30O.C16H24N4O3.C2H4O/c1-5-6-7-11-16(13-14(2)3)18-17-12-9-8-10-15(17)4;1-2-18-12-8-10-7-11(10)14(12)15(17)16(23)20-5-3-19(4-6-20)13(22)9-21;1-2-3/h10,12,14,16H,5-9,11,13H2,1-4H3;10-11,21H,2-9,17H2,1H3;2H,1H3/b;15-14-,18-12?;. The Hall–Kier alpha value is -2.94. The van der Waals surface area contributed by atoms with Crippen LogP contribution < -0.4 is 5.73 Å². The summed E-state index contributed by atoms with van der Waals surface area (Å²) in [6.07, 6.45) is 16.4. The Bertz CT molecular complexity index is 1070. The van der Waals surface area contributed by atoms with Crippen LogP contribution in [0.25, 0.3) is 0 Å². The van der Waals surface area contributed by atoms with Gasteiger partial charge in [-0.05, 0) is 95.1 Å². The minimum absolute atomic E-state index is 0.146. The molecule has 3 unspecified atom stereocenters. The molecule has 0 aromatic rings. The molecule has 0 bridgehead atoms. The number of nitrogens with zero attached hydrogens (tertiary/aromatic N) is 3. The van der Waals surface area contributed by atoms with Gasteiger partial charge in [0.05, 0.1) is 6.10 Å². The summed E-state index contributed by atoms with van der Waals surface area (Å²) < 4.78 is 6.25. The van der Waals surface area contributed by atoms with E-state index < -0.39 is 6.61 Å². The van der Waals surface area contributed by atoms with Gasteiger partial charge in [-0.3, -0.25) is 14.6 Å². The van der Waals surface area contributed by atoms with Crippen molar-refractivity contribution in [2.24, 2.45) is 28.5 Å². The van der Waals surface area contributed by atoms with Gasteiger partial charge in [0.2, 0.25) is 5.91 Å². The zero-order chi connectivity index (χ0) is 32.6. The molecule has 1 saturated heterocycles. The number of amides is 2. The maximum Gasteiger partial charge on any atom is 0.270 e. The maximum absolute atomic E-state index is 12.7. The Morgan fingerprint density at radius 2 is 1.75 bits per heavy atom. The summed E-state index contributed by atoms with van der Waals surface area (Å²) in [6, 6.07) is 0. The van der Waals surface area contributed by atoms with Crippen LogP contribution in [-0.4, -0.2) is 84.2 Å². The van der Waals surface area contributed by atoms with Crippen molar-refractivity contribution in [1.82, 2.24) is 9.80 Å². The van der Waals surface area contributed by atoms with Crippen molar-refractivity contribution in [2.45, 2.75) is 105 Å². The highest BCUT2D eigenvalue weighted by molar-refractivity contribution is 6.10. The minimum atomic E-state index is -0.486. The number of ether oxygens (including phenoxy) is 1. The lowest BCUT2D eigenvalue weighted by Gasteiger charge is -2.34. The summed E-state index contributed by atoms with van der Waals surface area (Å²) in [7, 11) is 0. The first kappa shape index (κ1) is 37.2. The van der Waals surface area contributed by atoms with E-state index in [1.807, 2.05) is 6.92 Å². The highest BCUT2D eigenvalue weighted by Crippen LogP contribution is 2.54. The van der Waals surface area contributed by atoms with Gasteiger partial charge in [-0.1, -0.05) is 39.7 Å². The molecule has 3 N–H and O–H groups in total. The Morgan fingerprint density at radius 1 is 1.11 bits per heavy atom. The van der Waals surface area contributed by atoms with E-state index in [0.29, 0.717) is 62.3 Å². The number of rotatable bonds is 11. The lowest BCUT2D eigenvalue weighted by molar-refractivity contribution is -0.139. The van der Waals surface area contributed by atoms with Crippen molar-refractivity contribution in [3.63, 3.8) is 0 Å². The number of unbranched alkanes of at least 4 members (excludes halogenated alkanes) is 2. The van der Waals surface area contributed by atoms with Crippen LogP contribution >= 0.6 is 0 Å². The molecule has 3 aliphatic carbocycles. The number of aldehydes is 1. The van der Waals surface area contributed by atoms with Crippen LogP contribution in [0.1, 0.15) is 99.3 Å². The summed E-state index contributed by atoms with van der Waals surface area (Å²) in [5, 5.41) is 8.89. The number of hydrogen-bond acceptors (Lipinski definition) is 7. The third-order valence-electron chi connectivity index (χ3n) is 8.48. The Morgan fingerprint density at radius 3 is 2.32 bits per heavy atom. The molecule has 3 fully saturated rings. The molecule has 4 rings (SSSR count). The SMILES string of the molecule is CC=O.CCCCCC(CC(C)C)OC1=CCCC=C1C.CCN=C1CC2CC2/C1=C(/N)C(=O)N1CCN(C(=O)CO)CC1. The van der Waals surface area contributed by atoms with Gasteiger partial charge in [-0.2, -0.15) is 0 Å². The zero-order valence-corrected chi connectivity index (χ0v) is 28.1. The fraction of sp³-hybridized carbons (Fsp3) is 0.714. The van der Waals surface area contributed by atoms with E-state index in [-0.39, 0.29) is 11.8 Å². The molecule has 0 spiro atoms. The van der Waals surface area contributed by atoms with Gasteiger partial charge in [-0.25, -0.2) is 0 Å². The number of allylic oxidation sites excluding steroid dienone is 4. The first-order valence-corrected chi connectivity index (χ1v) is 16.8. The van der Waals surface area contributed by atoms with Crippen LogP contribution in [0.15, 0.2) is 39.7 Å². The van der Waals surface area contributed by atoms with Crippen LogP contribution in [0.2, 0.25) is 0 Å². The molecule has 44 heavy (non-hydrogen) atoms. The molecule has 0 aromatic carbocycles. The molecule has 9 heteroatoms. The predicted molar refractivity (Wildman–Crippen MR) is 177 cm³/mol. The molecular weight excluding hydrogens is 556 g/mol. The maximum atomic E-state index is 12.7. The van der Waals surface area contributed by atoms with E-state index in [1.165, 1.54) is 51.0 Å². The smallest absolute Gasteiger partial charge is 0.270 e. The predicted octanol–water partition coefficient (Wildman–Crippen LogP) is 5.19. The van der Waals surface area contributed by atoms with Crippen molar-refractivity contribution in [3.05, 3.63) is 34.8 Å². The Balaban J connectivity index is 0.000000290. The number of aliphatic hydroxyl groups excluding tert-OH is 1. The van der Waals surface area contributed by atoms with Crippen molar-refractivity contribution in [1.29, 1.82) is 0 Å². The third kappa shape index (κ3) is 11.5. The summed E-state index contributed by atoms with van der Waals surface area (Å²) in [5.41, 5.74) is 9.84. The molecule has 1 heterocycles. The van der Waals surface area contributed by atoms with E-state index in [4.69, 9.17) is 20.4 Å². The molecule has 248 valence electrons. The first-order chi connectivity index (χ1) is 21.1. The number of carbonyl (C=O) groups is 3.